The monoisotopic (exact) mass is 1340 g/mol. The second-order valence-corrected chi connectivity index (χ2v) is 35.6. The third-order valence-corrected chi connectivity index (χ3v) is 32.4. The zero-order chi connectivity index (χ0) is 67.6. The summed E-state index contributed by atoms with van der Waals surface area (Å²) in [5.41, 5.74) is 38.6. The Balaban J connectivity index is 0.917. The van der Waals surface area contributed by atoms with Crippen LogP contribution in [0.2, 0.25) is 0 Å². The first-order chi connectivity index (χ1) is 52.0. The quantitative estimate of drug-likeness (QED) is 0.0866. The Bertz CT molecular complexity index is 8620. The summed E-state index contributed by atoms with van der Waals surface area (Å²) in [6.07, 6.45) is 15.6. The van der Waals surface area contributed by atoms with Gasteiger partial charge in [0, 0.05) is 68.2 Å². The predicted octanol–water partition coefficient (Wildman–Crippen LogP) is 20.6. The largest absolute Gasteiger partial charge is 0.507 e. The molecule has 0 amide bonds. The van der Waals surface area contributed by atoms with Crippen LogP contribution in [0.25, 0.3) is 197 Å². The second-order valence-electron chi connectivity index (χ2n) is 35.6. The Hall–Kier alpha value is -11.9. The van der Waals surface area contributed by atoms with Crippen molar-refractivity contribution in [3.63, 3.8) is 0 Å². The Kier molecular flexibility index (Phi) is 6.81. The van der Waals surface area contributed by atoms with Gasteiger partial charge in [-0.2, -0.15) is 0 Å². The van der Waals surface area contributed by atoms with Crippen LogP contribution in [0.5, 0.6) is 11.5 Å². The van der Waals surface area contributed by atoms with Crippen molar-refractivity contribution in [2.45, 2.75) is 93.7 Å². The number of rotatable bonds is 1. The summed E-state index contributed by atoms with van der Waals surface area (Å²) >= 11 is 0. The number of ether oxygens (including phenoxy) is 1. The minimum atomic E-state index is -0.928. The number of allylic oxidation sites excluding steroid dienone is 5. The van der Waals surface area contributed by atoms with Crippen LogP contribution in [-0.2, 0) is 29.6 Å². The van der Waals surface area contributed by atoms with Gasteiger partial charge in [-0.3, -0.25) is 0 Å². The Morgan fingerprint density at radius 1 is 0.528 bits per heavy atom. The lowest BCUT2D eigenvalue weighted by atomic mass is 9.43. The Morgan fingerprint density at radius 3 is 2.18 bits per heavy atom. The van der Waals surface area contributed by atoms with E-state index in [9.17, 15) is 15.0 Å². The van der Waals surface area contributed by atoms with Gasteiger partial charge in [0.1, 0.15) is 22.7 Å². The highest BCUT2D eigenvalue weighted by molar-refractivity contribution is 6.41. The van der Waals surface area contributed by atoms with Gasteiger partial charge >= 0.3 is 5.97 Å². The molecule has 106 heavy (non-hydrogen) atoms. The number of carboxylic acid groups (broad SMARTS) is 1. The van der Waals surface area contributed by atoms with Gasteiger partial charge in [-0.15, -0.1) is 0 Å². The topological polar surface area (TPSA) is 90.3 Å². The number of phenols is 2. The number of phenolic OH excluding ortho intramolecular Hbond substituents is 2. The third kappa shape index (κ3) is 4.25. The normalized spacial score (nSPS) is 25.7. The standard InChI is InChI=1S/C101H50O5/c1-31-16-40-20-45-26-48-32(2)47-25-39-12-10-34-14-15-59-60-33(3)49-24-37-8-4-7-36-18-42-22-44-23-43-21-41-19-38-13-11-35-6-5-9-46-52(99(104)105)27-51-50(17-31)62(40)84-65(45)85-74(48)87-75(47)92-66(39)94(34)100(59)101(106-100)95-58-30-57-79(64(42)83(61(36)37)73(49)80(57)91(60)95)69(44)98(103)68(43)78-55-29-56-72(58)93(96(92)101)90(87)89(85)82(56)86-71(55)54(77(63(41)78)67(38)97(35)102)28-53-70(46)76(51)88(84)81(53)86/h5-7,10-28,33,57,59,88-89,96,102-103H,4,8-9,29-30H2,1-3H3,(H,104,105). The van der Waals surface area contributed by atoms with Crippen molar-refractivity contribution in [2.24, 2.45) is 5.92 Å². The number of hydrogen-bond acceptors (Lipinski definition) is 4. The molecular formula is C101H50O5. The summed E-state index contributed by atoms with van der Waals surface area (Å²) in [5, 5.41) is 76.0. The molecule has 8 atom stereocenters. The zero-order valence-corrected chi connectivity index (χ0v) is 57.4. The molecule has 0 aromatic heterocycles. The maximum absolute atomic E-state index is 15.1. The van der Waals surface area contributed by atoms with Gasteiger partial charge in [0.05, 0.1) is 5.56 Å². The van der Waals surface area contributed by atoms with Crippen molar-refractivity contribution < 1.29 is 24.9 Å². The van der Waals surface area contributed by atoms with E-state index >= 15 is 5.11 Å². The molecule has 0 saturated carbocycles. The van der Waals surface area contributed by atoms with Gasteiger partial charge < -0.3 is 20.1 Å². The van der Waals surface area contributed by atoms with E-state index in [0.717, 1.165) is 112 Å². The molecule has 1 fully saturated rings. The average molecular weight is 1340 g/mol. The van der Waals surface area contributed by atoms with Gasteiger partial charge in [-0.05, 0) is 397 Å². The number of aryl methyl sites for hydroxylation is 3. The fourth-order valence-corrected chi connectivity index (χ4v) is 29.8. The minimum absolute atomic E-state index is 0.0231. The molecule has 1 aliphatic heterocycles. The molecule has 16 aromatic rings. The molecule has 1 heterocycles. The molecule has 1 saturated heterocycles. The summed E-state index contributed by atoms with van der Waals surface area (Å²) in [5.74, 6) is -0.961. The van der Waals surface area contributed by atoms with Gasteiger partial charge in [0.2, 0.25) is 0 Å². The highest BCUT2D eigenvalue weighted by atomic mass is 16.6. The van der Waals surface area contributed by atoms with Crippen LogP contribution in [0.3, 0.4) is 0 Å². The number of fused-ring (bicyclic) bond motifs is 3. The summed E-state index contributed by atoms with van der Waals surface area (Å²) in [7, 11) is 0. The lowest BCUT2D eigenvalue weighted by Gasteiger charge is -2.57. The zero-order valence-electron chi connectivity index (χ0n) is 57.4. The summed E-state index contributed by atoms with van der Waals surface area (Å²) in [6.45, 7) is 7.28. The maximum Gasteiger partial charge on any atom is 0.336 e. The van der Waals surface area contributed by atoms with Gasteiger partial charge in [-0.1, -0.05) is 79.8 Å². The van der Waals surface area contributed by atoms with Crippen LogP contribution < -0.4 is 15.7 Å². The Morgan fingerprint density at radius 2 is 1.30 bits per heavy atom. The van der Waals surface area contributed by atoms with Crippen LogP contribution in [-0.4, -0.2) is 26.9 Å². The van der Waals surface area contributed by atoms with Crippen LogP contribution in [0.4, 0.5) is 0 Å². The number of epoxide rings is 1. The van der Waals surface area contributed by atoms with E-state index in [1.807, 2.05) is 6.08 Å². The Labute approximate surface area is 599 Å². The molecule has 10 bridgehead atoms. The van der Waals surface area contributed by atoms with Crippen molar-refractivity contribution in [3.8, 4) is 33.8 Å². The van der Waals surface area contributed by atoms with Crippen molar-refractivity contribution >= 4 is 181 Å². The molecule has 17 aliphatic carbocycles. The predicted molar refractivity (Wildman–Crippen MR) is 423 cm³/mol. The first-order valence-corrected chi connectivity index (χ1v) is 38.9. The molecule has 5 nitrogen and oxygen atoms in total. The molecule has 8 unspecified atom stereocenters. The SMILES string of the molecule is Cc1cc2c3c4c5c6c7c8c9c%10c%11c%12c(ccc%11cc9c(C)c7cc5cc3c1)C=CC1C3=C5C7=C9CC%11C5=c5c(cc%13c%14c(cc%15cc%16cc%17cc%18cc%19ccc%20c(O)c%19c%19c%21cc%22c(c%23c%21c(c(c%17c(O)c%16c%11c%15c5%14)c%18%19)CC5=C9C(=C8C6C=%235)C%10C75OC%1215)C4c1c-2cc(C(=O)O)c(c1-%22)CC=C%20)=CCC%13)C3C. The molecule has 484 valence electrons. The van der Waals surface area contributed by atoms with E-state index in [-0.39, 0.29) is 41.3 Å². The first kappa shape index (κ1) is 50.5. The number of aromatic hydroxyl groups is 2. The van der Waals surface area contributed by atoms with Crippen molar-refractivity contribution in [3.05, 3.63) is 265 Å². The summed E-state index contributed by atoms with van der Waals surface area (Å²) in [4.78, 5) is 14.7. The van der Waals surface area contributed by atoms with Crippen molar-refractivity contribution in [1.29, 1.82) is 0 Å². The van der Waals surface area contributed by atoms with Crippen molar-refractivity contribution in [1.82, 2.24) is 0 Å². The molecule has 18 aliphatic rings. The number of hydrogen-bond donors (Lipinski definition) is 3. The molecule has 0 radical (unpaired) electrons. The van der Waals surface area contributed by atoms with Gasteiger partial charge in [0.15, 0.2) is 0 Å². The smallest absolute Gasteiger partial charge is 0.336 e. The molecule has 5 heteroatoms. The maximum atomic E-state index is 15.1. The van der Waals surface area contributed by atoms with Gasteiger partial charge in [-0.25, -0.2) is 4.79 Å². The second kappa shape index (κ2) is 14.3. The number of carboxylic acids is 1. The van der Waals surface area contributed by atoms with E-state index < -0.39 is 17.2 Å². The fraction of sp³-hybridized carbons (Fsp3) is 0.158. The minimum Gasteiger partial charge on any atom is -0.507 e. The average Bonchev–Trinajstić information content (AvgIpc) is 1.40. The summed E-state index contributed by atoms with van der Waals surface area (Å²) in [6, 6.07) is 41.3. The summed E-state index contributed by atoms with van der Waals surface area (Å²) < 4.78 is 8.82. The molecule has 16 aromatic carbocycles. The molecule has 2 spiro atoms. The van der Waals surface area contributed by atoms with E-state index in [2.05, 4.69) is 148 Å². The number of aromatic carboxylic acids is 1. The van der Waals surface area contributed by atoms with E-state index in [1.165, 1.54) is 225 Å². The van der Waals surface area contributed by atoms with Crippen LogP contribution >= 0.6 is 0 Å². The van der Waals surface area contributed by atoms with Crippen molar-refractivity contribution in [2.75, 3.05) is 0 Å². The lowest BCUT2D eigenvalue weighted by molar-refractivity contribution is 0.0696. The van der Waals surface area contributed by atoms with E-state index in [1.54, 1.807) is 0 Å². The van der Waals surface area contributed by atoms with Crippen LogP contribution in [0.1, 0.15) is 149 Å². The van der Waals surface area contributed by atoms with Gasteiger partial charge in [0.25, 0.3) is 0 Å². The number of benzene rings is 16. The van der Waals surface area contributed by atoms with E-state index in [0.29, 0.717) is 29.7 Å². The van der Waals surface area contributed by atoms with E-state index in [4.69, 9.17) is 4.74 Å². The third-order valence-electron chi connectivity index (χ3n) is 32.4. The molecular weight excluding hydrogens is 1290 g/mol. The molecule has 34 rings (SSSR count). The van der Waals surface area contributed by atoms with Crippen LogP contribution in [0, 0.1) is 19.8 Å². The highest BCUT2D eigenvalue weighted by Crippen LogP contribution is 2.87. The van der Waals surface area contributed by atoms with Crippen LogP contribution in [0.15, 0.2) is 154 Å². The highest BCUT2D eigenvalue weighted by Gasteiger charge is 2.87. The first-order valence-electron chi connectivity index (χ1n) is 38.9. The fourth-order valence-electron chi connectivity index (χ4n) is 29.8. The lowest BCUT2D eigenvalue weighted by Crippen LogP contribution is -2.53. The number of carbonyl (C=O) groups is 1. The molecule has 3 N–H and O–H groups in total.